The number of primary amides is 1. The van der Waals surface area contributed by atoms with Crippen molar-refractivity contribution < 1.29 is 4.79 Å². The minimum absolute atomic E-state index is 0.172. The second-order valence-corrected chi connectivity index (χ2v) is 4.31. The lowest BCUT2D eigenvalue weighted by atomic mass is 10.3. The van der Waals surface area contributed by atoms with E-state index < -0.39 is 11.9 Å². The molecule has 0 fully saturated rings. The standard InChI is InChI=1S/C10H10Cl2N4O/c1-5(9(13)17)16-8(3-11)15-7-2-6(12)4-14-10(7)16/h2,4-5H,3H2,1H3,(H2,13,17). The van der Waals surface area contributed by atoms with Crippen LogP contribution in [0.3, 0.4) is 0 Å². The first-order valence-corrected chi connectivity index (χ1v) is 5.83. The molecule has 0 saturated heterocycles. The second kappa shape index (κ2) is 4.50. The number of fused-ring (bicyclic) bond motifs is 1. The molecule has 7 heteroatoms. The molecule has 2 N–H and O–H groups in total. The maximum Gasteiger partial charge on any atom is 0.240 e. The zero-order valence-electron chi connectivity index (χ0n) is 9.02. The maximum absolute atomic E-state index is 11.3. The van der Waals surface area contributed by atoms with Crippen LogP contribution in [0, 0.1) is 0 Å². The van der Waals surface area contributed by atoms with Crippen molar-refractivity contribution in [1.82, 2.24) is 14.5 Å². The van der Waals surface area contributed by atoms with Gasteiger partial charge in [0.25, 0.3) is 0 Å². The van der Waals surface area contributed by atoms with Crippen molar-refractivity contribution in [3.05, 3.63) is 23.1 Å². The van der Waals surface area contributed by atoms with Crippen LogP contribution in [-0.2, 0) is 10.7 Å². The summed E-state index contributed by atoms with van der Waals surface area (Å²) in [6.07, 6.45) is 1.49. The molecule has 5 nitrogen and oxygen atoms in total. The third-order valence-electron chi connectivity index (χ3n) is 2.49. The van der Waals surface area contributed by atoms with Crippen molar-refractivity contribution in [1.29, 1.82) is 0 Å². The first kappa shape index (κ1) is 12.1. The fraction of sp³-hybridized carbons (Fsp3) is 0.300. The molecule has 0 aliphatic carbocycles. The van der Waals surface area contributed by atoms with Crippen molar-refractivity contribution in [2.45, 2.75) is 18.8 Å². The largest absolute Gasteiger partial charge is 0.368 e. The fourth-order valence-electron chi connectivity index (χ4n) is 1.63. The Hall–Kier alpha value is -1.33. The van der Waals surface area contributed by atoms with Crippen LogP contribution < -0.4 is 5.73 Å². The molecule has 0 bridgehead atoms. The van der Waals surface area contributed by atoms with Crippen LogP contribution in [0.1, 0.15) is 18.8 Å². The van der Waals surface area contributed by atoms with E-state index in [0.717, 1.165) is 0 Å². The van der Waals surface area contributed by atoms with Crippen molar-refractivity contribution in [3.63, 3.8) is 0 Å². The van der Waals surface area contributed by atoms with Gasteiger partial charge in [-0.1, -0.05) is 11.6 Å². The predicted octanol–water partition coefficient (Wildman–Crippen LogP) is 1.87. The summed E-state index contributed by atoms with van der Waals surface area (Å²) in [7, 11) is 0. The summed E-state index contributed by atoms with van der Waals surface area (Å²) in [5.41, 5.74) is 6.44. The Morgan fingerprint density at radius 3 is 2.94 bits per heavy atom. The molecule has 1 unspecified atom stereocenters. The van der Waals surface area contributed by atoms with Gasteiger partial charge in [0, 0.05) is 6.20 Å². The van der Waals surface area contributed by atoms with Crippen LogP contribution in [0.2, 0.25) is 5.02 Å². The Morgan fingerprint density at radius 1 is 1.65 bits per heavy atom. The number of hydrogen-bond acceptors (Lipinski definition) is 3. The predicted molar refractivity (Wildman–Crippen MR) is 66.0 cm³/mol. The van der Waals surface area contributed by atoms with Gasteiger partial charge in [0.2, 0.25) is 5.91 Å². The summed E-state index contributed by atoms with van der Waals surface area (Å²) in [6.45, 7) is 1.68. The number of imidazole rings is 1. The minimum Gasteiger partial charge on any atom is -0.368 e. The highest BCUT2D eigenvalue weighted by Gasteiger charge is 2.20. The zero-order chi connectivity index (χ0) is 12.6. The molecule has 2 aromatic heterocycles. The lowest BCUT2D eigenvalue weighted by Crippen LogP contribution is -2.25. The van der Waals surface area contributed by atoms with Crippen molar-refractivity contribution in [2.75, 3.05) is 0 Å². The number of alkyl halides is 1. The average molecular weight is 273 g/mol. The molecular formula is C10H10Cl2N4O. The van der Waals surface area contributed by atoms with E-state index in [1.165, 1.54) is 6.20 Å². The number of carbonyl (C=O) groups excluding carboxylic acids is 1. The molecule has 2 heterocycles. The van der Waals surface area contributed by atoms with E-state index in [0.29, 0.717) is 22.0 Å². The molecule has 0 saturated carbocycles. The van der Waals surface area contributed by atoms with Gasteiger partial charge in [-0.3, -0.25) is 9.36 Å². The quantitative estimate of drug-likeness (QED) is 0.867. The molecular weight excluding hydrogens is 263 g/mol. The van der Waals surface area contributed by atoms with Crippen LogP contribution in [0.5, 0.6) is 0 Å². The summed E-state index contributed by atoms with van der Waals surface area (Å²) in [4.78, 5) is 19.7. The zero-order valence-corrected chi connectivity index (χ0v) is 10.5. The number of hydrogen-bond donors (Lipinski definition) is 1. The van der Waals surface area contributed by atoms with Crippen LogP contribution in [0.15, 0.2) is 12.3 Å². The van der Waals surface area contributed by atoms with Crippen LogP contribution >= 0.6 is 23.2 Å². The van der Waals surface area contributed by atoms with E-state index in [-0.39, 0.29) is 5.88 Å². The van der Waals surface area contributed by atoms with E-state index in [1.54, 1.807) is 17.6 Å². The molecule has 2 aromatic rings. The van der Waals surface area contributed by atoms with Crippen LogP contribution in [0.4, 0.5) is 0 Å². The smallest absolute Gasteiger partial charge is 0.240 e. The lowest BCUT2D eigenvalue weighted by Gasteiger charge is -2.12. The van der Waals surface area contributed by atoms with Gasteiger partial charge in [0.1, 0.15) is 17.4 Å². The van der Waals surface area contributed by atoms with Gasteiger partial charge in [0.15, 0.2) is 5.65 Å². The van der Waals surface area contributed by atoms with Gasteiger partial charge in [-0.25, -0.2) is 9.97 Å². The Kier molecular flexibility index (Phi) is 3.22. The summed E-state index contributed by atoms with van der Waals surface area (Å²) in [5.74, 6) is 0.251. The molecule has 0 aliphatic heterocycles. The fourth-order valence-corrected chi connectivity index (χ4v) is 1.97. The van der Waals surface area contributed by atoms with E-state index >= 15 is 0 Å². The van der Waals surface area contributed by atoms with Crippen molar-refractivity contribution in [2.24, 2.45) is 5.73 Å². The lowest BCUT2D eigenvalue weighted by molar-refractivity contribution is -0.120. The number of nitrogens with zero attached hydrogens (tertiary/aromatic N) is 3. The molecule has 0 radical (unpaired) electrons. The minimum atomic E-state index is -0.553. The number of carbonyl (C=O) groups is 1. The molecule has 1 amide bonds. The van der Waals surface area contributed by atoms with E-state index in [2.05, 4.69) is 9.97 Å². The van der Waals surface area contributed by atoms with Gasteiger partial charge in [-0.15, -0.1) is 11.6 Å². The SMILES string of the molecule is CC(C(N)=O)n1c(CCl)nc2cc(Cl)cnc21. The monoisotopic (exact) mass is 272 g/mol. The van der Waals surface area contributed by atoms with Gasteiger partial charge in [0.05, 0.1) is 10.9 Å². The molecule has 90 valence electrons. The summed E-state index contributed by atoms with van der Waals surface area (Å²) in [6, 6.07) is 1.12. The average Bonchev–Trinajstić information content (AvgIpc) is 2.65. The molecule has 2 rings (SSSR count). The maximum atomic E-state index is 11.3. The molecule has 0 spiro atoms. The van der Waals surface area contributed by atoms with E-state index in [1.807, 2.05) is 0 Å². The Bertz CT molecular complexity index is 581. The van der Waals surface area contributed by atoms with Crippen LogP contribution in [0.25, 0.3) is 11.2 Å². The molecule has 0 aliphatic rings. The Labute approximate surface area is 108 Å². The van der Waals surface area contributed by atoms with Gasteiger partial charge >= 0.3 is 0 Å². The summed E-state index contributed by atoms with van der Waals surface area (Å²) < 4.78 is 1.63. The van der Waals surface area contributed by atoms with E-state index in [4.69, 9.17) is 28.9 Å². The van der Waals surface area contributed by atoms with Crippen molar-refractivity contribution in [3.8, 4) is 0 Å². The van der Waals surface area contributed by atoms with Gasteiger partial charge < -0.3 is 5.73 Å². The Morgan fingerprint density at radius 2 is 2.35 bits per heavy atom. The normalized spacial score (nSPS) is 12.9. The second-order valence-electron chi connectivity index (χ2n) is 3.61. The number of pyridine rings is 1. The van der Waals surface area contributed by atoms with E-state index in [9.17, 15) is 4.79 Å². The molecule has 1 atom stereocenters. The number of amides is 1. The number of rotatable bonds is 3. The number of nitrogens with two attached hydrogens (primary N) is 1. The highest BCUT2D eigenvalue weighted by molar-refractivity contribution is 6.31. The number of aromatic nitrogens is 3. The Balaban J connectivity index is 2.70. The molecule has 17 heavy (non-hydrogen) atoms. The first-order valence-electron chi connectivity index (χ1n) is 4.92. The van der Waals surface area contributed by atoms with Crippen LogP contribution in [-0.4, -0.2) is 20.4 Å². The first-order chi connectivity index (χ1) is 8.04. The topological polar surface area (TPSA) is 73.8 Å². The molecule has 0 aromatic carbocycles. The number of halogens is 2. The highest BCUT2D eigenvalue weighted by atomic mass is 35.5. The highest BCUT2D eigenvalue weighted by Crippen LogP contribution is 2.22. The van der Waals surface area contributed by atoms with Crippen molar-refractivity contribution >= 4 is 40.3 Å². The van der Waals surface area contributed by atoms with Gasteiger partial charge in [-0.05, 0) is 13.0 Å². The van der Waals surface area contributed by atoms with Gasteiger partial charge in [-0.2, -0.15) is 0 Å². The summed E-state index contributed by atoms with van der Waals surface area (Å²) in [5, 5.41) is 0.481. The third kappa shape index (κ3) is 2.08. The summed E-state index contributed by atoms with van der Waals surface area (Å²) >= 11 is 11.6. The third-order valence-corrected chi connectivity index (χ3v) is 2.93.